The van der Waals surface area contributed by atoms with Gasteiger partial charge in [-0.3, -0.25) is 24.2 Å². The summed E-state index contributed by atoms with van der Waals surface area (Å²) in [5, 5.41) is 15.2. The average molecular weight is 700 g/mol. The molecular formula is C14H14AuN8O3S5-2. The summed E-state index contributed by atoms with van der Waals surface area (Å²) < 4.78 is 3.98. The maximum atomic E-state index is 11.4. The fraction of sp³-hybridized carbons (Fsp3) is 0.429. The third kappa shape index (κ3) is 6.92. The number of thiocarbonyl (C=S) groups is 1. The van der Waals surface area contributed by atoms with E-state index in [4.69, 9.17) is 37.5 Å². The van der Waals surface area contributed by atoms with E-state index in [2.05, 4.69) is 20.4 Å². The predicted octanol–water partition coefficient (Wildman–Crippen LogP) is -0.0790. The van der Waals surface area contributed by atoms with Crippen LogP contribution >= 0.6 is 35.7 Å². The van der Waals surface area contributed by atoms with Crippen LogP contribution in [0.3, 0.4) is 0 Å². The number of carbonyl (C=O) groups excluding carboxylic acids is 3. The Hall–Kier alpha value is -1.14. The minimum Gasteiger partial charge on any atom is -0.740 e. The van der Waals surface area contributed by atoms with Gasteiger partial charge in [0.05, 0.1) is 11.5 Å². The Labute approximate surface area is 217 Å². The van der Waals surface area contributed by atoms with E-state index in [0.717, 1.165) is 11.8 Å². The standard InChI is InChI=1S/C7H8N4O2S2.C7H8N4OS3.Au/c12-5-3-15-7(13)11(5)2-1-10-4-8-9-6(10)14;12-5-3-15-7(14)11(5)2-1-10-4-8-9-6(10)13;/h4H,1-3H2,(H,9,14);4H,1-3H2,(H,9,13);/p-2. The van der Waals surface area contributed by atoms with E-state index in [9.17, 15) is 14.4 Å². The van der Waals surface area contributed by atoms with Gasteiger partial charge in [0.15, 0.2) is 0 Å². The Morgan fingerprint density at radius 1 is 0.839 bits per heavy atom. The monoisotopic (exact) mass is 699 g/mol. The minimum absolute atomic E-state index is 0. The van der Waals surface area contributed by atoms with E-state index in [0.29, 0.717) is 46.6 Å². The van der Waals surface area contributed by atoms with E-state index in [1.54, 1.807) is 20.4 Å². The fourth-order valence-corrected chi connectivity index (χ4v) is 4.65. The summed E-state index contributed by atoms with van der Waals surface area (Å²) in [6.07, 6.45) is 3.04. The number of amides is 3. The van der Waals surface area contributed by atoms with Crippen molar-refractivity contribution >= 4 is 82.4 Å². The second-order valence-corrected chi connectivity index (χ2v) is 9.08. The smallest absolute Gasteiger partial charge is 0.288 e. The van der Waals surface area contributed by atoms with E-state index in [1.165, 1.54) is 23.0 Å². The number of aromatic nitrogens is 6. The molecule has 17 heteroatoms. The van der Waals surface area contributed by atoms with Crippen molar-refractivity contribution in [1.29, 1.82) is 0 Å². The van der Waals surface area contributed by atoms with Gasteiger partial charge < -0.3 is 34.4 Å². The van der Waals surface area contributed by atoms with Gasteiger partial charge in [-0.2, -0.15) is 10.2 Å². The predicted molar refractivity (Wildman–Crippen MR) is 118 cm³/mol. The summed E-state index contributed by atoms with van der Waals surface area (Å²) >= 11 is 17.3. The van der Waals surface area contributed by atoms with E-state index < -0.39 is 0 Å². The molecule has 0 aromatic carbocycles. The zero-order chi connectivity index (χ0) is 21.7. The zero-order valence-electron chi connectivity index (χ0n) is 15.5. The first-order valence-corrected chi connectivity index (χ1v) is 11.6. The molecule has 2 saturated heterocycles. The molecule has 0 atom stereocenters. The van der Waals surface area contributed by atoms with Crippen molar-refractivity contribution < 1.29 is 36.8 Å². The molecule has 2 aliphatic heterocycles. The number of hydrogen-bond donors (Lipinski definition) is 0. The molecule has 171 valence electrons. The van der Waals surface area contributed by atoms with Crippen LogP contribution in [0.1, 0.15) is 0 Å². The molecule has 1 radical (unpaired) electrons. The summed E-state index contributed by atoms with van der Waals surface area (Å²) in [7, 11) is 0. The molecule has 2 aliphatic rings. The third-order valence-electron chi connectivity index (χ3n) is 3.97. The quantitative estimate of drug-likeness (QED) is 0.228. The average Bonchev–Trinajstić information content (AvgIpc) is 3.46. The largest absolute Gasteiger partial charge is 0.740 e. The summed E-state index contributed by atoms with van der Waals surface area (Å²) in [6.45, 7) is 1.89. The molecule has 4 heterocycles. The normalized spacial score (nSPS) is 15.9. The van der Waals surface area contributed by atoms with Crippen LogP contribution in [0.15, 0.2) is 23.0 Å². The molecule has 0 bridgehead atoms. The summed E-state index contributed by atoms with van der Waals surface area (Å²) in [6, 6.07) is 0. The third-order valence-corrected chi connectivity index (χ3v) is 6.89. The Balaban J connectivity index is 0.000000213. The number of nitrogens with zero attached hydrogens (tertiary/aromatic N) is 8. The van der Waals surface area contributed by atoms with E-state index in [1.807, 2.05) is 0 Å². The molecule has 0 saturated carbocycles. The second-order valence-electron chi connectivity index (χ2n) is 5.81. The van der Waals surface area contributed by atoms with Gasteiger partial charge in [-0.05, 0) is 0 Å². The van der Waals surface area contributed by atoms with Crippen LogP contribution in [0, 0.1) is 0 Å². The molecule has 0 N–H and O–H groups in total. The first-order chi connectivity index (χ1) is 14.4. The molecule has 0 spiro atoms. The second kappa shape index (κ2) is 12.2. The van der Waals surface area contributed by atoms with Crippen LogP contribution < -0.4 is 0 Å². The number of carbonyl (C=O) groups is 3. The molecule has 2 aromatic heterocycles. The molecule has 0 unspecified atom stereocenters. The number of thioether (sulfide) groups is 2. The molecule has 3 amide bonds. The summed E-state index contributed by atoms with van der Waals surface area (Å²) in [5.41, 5.74) is 0. The molecule has 0 aliphatic carbocycles. The molecular weight excluding hydrogens is 686 g/mol. The van der Waals surface area contributed by atoms with Crippen molar-refractivity contribution in [3.8, 4) is 0 Å². The SMILES string of the molecule is O=C1CSC(=O)N1CCn1cnnc1[S-].O=C1CSC(=S)N1CCn1cnnc1[S-].[Au]. The molecule has 11 nitrogen and oxygen atoms in total. The van der Waals surface area contributed by atoms with Gasteiger partial charge in [-0.25, -0.2) is 0 Å². The topological polar surface area (TPSA) is 119 Å². The zero-order valence-corrected chi connectivity index (χ0v) is 21.8. The summed E-state index contributed by atoms with van der Waals surface area (Å²) in [4.78, 5) is 36.7. The fourth-order valence-electron chi connectivity index (χ4n) is 2.41. The number of rotatable bonds is 6. The Kier molecular flexibility index (Phi) is 10.3. The molecule has 31 heavy (non-hydrogen) atoms. The molecule has 2 fully saturated rings. The minimum atomic E-state index is -0.195. The van der Waals surface area contributed by atoms with Crippen molar-refractivity contribution in [3.63, 3.8) is 0 Å². The van der Waals surface area contributed by atoms with Gasteiger partial charge >= 0.3 is 0 Å². The number of hydrogen-bond acceptors (Lipinski definition) is 12. The number of imide groups is 1. The van der Waals surface area contributed by atoms with Crippen molar-refractivity contribution in [2.75, 3.05) is 24.6 Å². The van der Waals surface area contributed by atoms with Gasteiger partial charge in [-0.1, -0.05) is 35.7 Å². The maximum Gasteiger partial charge on any atom is 0.288 e. The Morgan fingerprint density at radius 2 is 1.32 bits per heavy atom. The van der Waals surface area contributed by atoms with Gasteiger partial charge in [0.1, 0.15) is 17.0 Å². The van der Waals surface area contributed by atoms with Crippen LogP contribution in [-0.2, 0) is 70.3 Å². The van der Waals surface area contributed by atoms with Gasteiger partial charge in [0, 0.05) is 58.9 Å². The first-order valence-electron chi connectivity index (χ1n) is 8.40. The first kappa shape index (κ1) is 26.1. The van der Waals surface area contributed by atoms with E-state index >= 15 is 0 Å². The van der Waals surface area contributed by atoms with Crippen molar-refractivity contribution in [2.24, 2.45) is 0 Å². The summed E-state index contributed by atoms with van der Waals surface area (Å²) in [5.74, 6) is 0.594. The van der Waals surface area contributed by atoms with Crippen LogP contribution in [-0.4, -0.2) is 85.3 Å². The van der Waals surface area contributed by atoms with E-state index in [-0.39, 0.29) is 45.2 Å². The van der Waals surface area contributed by atoms with Crippen molar-refractivity contribution in [2.45, 2.75) is 23.4 Å². The van der Waals surface area contributed by atoms with Crippen molar-refractivity contribution in [1.82, 2.24) is 39.3 Å². The van der Waals surface area contributed by atoms with Crippen LogP contribution in [0.25, 0.3) is 0 Å². The van der Waals surface area contributed by atoms with Crippen LogP contribution in [0.2, 0.25) is 0 Å². The maximum absolute atomic E-state index is 11.4. The Morgan fingerprint density at radius 3 is 1.71 bits per heavy atom. The molecule has 4 rings (SSSR count). The Bertz CT molecular complexity index is 861. The van der Waals surface area contributed by atoms with Crippen molar-refractivity contribution in [3.05, 3.63) is 12.7 Å². The van der Waals surface area contributed by atoms with Crippen LogP contribution in [0.5, 0.6) is 0 Å². The van der Waals surface area contributed by atoms with Crippen LogP contribution in [0.4, 0.5) is 4.79 Å². The van der Waals surface area contributed by atoms with Gasteiger partial charge in [0.2, 0.25) is 11.8 Å². The van der Waals surface area contributed by atoms with Gasteiger partial charge in [0.25, 0.3) is 5.24 Å². The molecule has 2 aromatic rings. The van der Waals surface area contributed by atoms with Gasteiger partial charge in [-0.15, -0.1) is 10.2 Å².